The number of benzene rings is 1. The molecule has 1 aromatic rings. The van der Waals surface area contributed by atoms with E-state index in [4.69, 9.17) is 21.7 Å². The monoisotopic (exact) mass is 322 g/mol. The zero-order chi connectivity index (χ0) is 15.2. The molecule has 0 amide bonds. The van der Waals surface area contributed by atoms with Gasteiger partial charge in [0.2, 0.25) is 6.79 Å². The lowest BCUT2D eigenvalue weighted by Crippen LogP contribution is -3.10. The summed E-state index contributed by atoms with van der Waals surface area (Å²) < 4.78 is 10.7. The fraction of sp³-hybridized carbons (Fsp3) is 0.562. The first-order valence-corrected chi connectivity index (χ1v) is 8.46. The fourth-order valence-electron chi connectivity index (χ4n) is 2.96. The summed E-state index contributed by atoms with van der Waals surface area (Å²) in [6.45, 7) is 5.87. The van der Waals surface area contributed by atoms with Gasteiger partial charge in [-0.3, -0.25) is 0 Å². The van der Waals surface area contributed by atoms with E-state index in [2.05, 4.69) is 10.6 Å². The third-order valence-corrected chi connectivity index (χ3v) is 4.48. The van der Waals surface area contributed by atoms with Crippen molar-refractivity contribution in [3.63, 3.8) is 0 Å². The minimum Gasteiger partial charge on any atom is -0.454 e. The van der Waals surface area contributed by atoms with Crippen molar-refractivity contribution < 1.29 is 14.4 Å². The molecule has 2 aliphatic rings. The summed E-state index contributed by atoms with van der Waals surface area (Å²) in [7, 11) is 0. The highest BCUT2D eigenvalue weighted by molar-refractivity contribution is 7.80. The Morgan fingerprint density at radius 3 is 2.82 bits per heavy atom. The molecule has 6 heteroatoms. The SMILES string of the molecule is S=C(NCCC[NH+]1CCCC1)NCc1ccc2c(c1)OCO2. The van der Waals surface area contributed by atoms with Crippen molar-refractivity contribution in [3.8, 4) is 11.5 Å². The molecular weight excluding hydrogens is 298 g/mol. The first kappa shape index (κ1) is 15.4. The first-order valence-electron chi connectivity index (χ1n) is 8.05. The van der Waals surface area contributed by atoms with E-state index in [0.717, 1.165) is 23.6 Å². The van der Waals surface area contributed by atoms with Gasteiger partial charge in [0.1, 0.15) is 0 Å². The standard InChI is InChI=1S/C16H23N3O2S/c22-16(17-6-3-9-19-7-1-2-8-19)18-11-13-4-5-14-15(10-13)21-12-20-14/h4-5,10H,1-3,6-9,11-12H2,(H2,17,18,22)/p+1. The van der Waals surface area contributed by atoms with E-state index in [1.165, 1.54) is 38.9 Å². The van der Waals surface area contributed by atoms with E-state index in [9.17, 15) is 0 Å². The molecule has 0 unspecified atom stereocenters. The first-order chi connectivity index (χ1) is 10.8. The molecule has 0 saturated carbocycles. The molecule has 2 aliphatic heterocycles. The van der Waals surface area contributed by atoms with Crippen LogP contribution >= 0.6 is 12.2 Å². The van der Waals surface area contributed by atoms with Crippen LogP contribution in [0.4, 0.5) is 0 Å². The Morgan fingerprint density at radius 1 is 1.14 bits per heavy atom. The quantitative estimate of drug-likeness (QED) is 0.524. The molecule has 22 heavy (non-hydrogen) atoms. The molecule has 3 N–H and O–H groups in total. The van der Waals surface area contributed by atoms with E-state index >= 15 is 0 Å². The van der Waals surface area contributed by atoms with Crippen LogP contribution in [0.25, 0.3) is 0 Å². The molecule has 0 aliphatic carbocycles. The second kappa shape index (κ2) is 7.65. The lowest BCUT2D eigenvalue weighted by atomic mass is 10.2. The van der Waals surface area contributed by atoms with Crippen molar-refractivity contribution in [2.24, 2.45) is 0 Å². The average molecular weight is 322 g/mol. The van der Waals surface area contributed by atoms with Gasteiger partial charge < -0.3 is 25.0 Å². The number of quaternary nitrogens is 1. The van der Waals surface area contributed by atoms with E-state index in [-0.39, 0.29) is 0 Å². The highest BCUT2D eigenvalue weighted by atomic mass is 32.1. The lowest BCUT2D eigenvalue weighted by Gasteiger charge is -2.13. The van der Waals surface area contributed by atoms with Crippen LogP contribution in [-0.2, 0) is 6.54 Å². The molecule has 0 radical (unpaired) electrons. The zero-order valence-corrected chi connectivity index (χ0v) is 13.6. The largest absolute Gasteiger partial charge is 0.454 e. The topological polar surface area (TPSA) is 47.0 Å². The van der Waals surface area contributed by atoms with Crippen LogP contribution in [0, 0.1) is 0 Å². The van der Waals surface area contributed by atoms with Crippen molar-refractivity contribution in [3.05, 3.63) is 23.8 Å². The molecule has 1 aromatic carbocycles. The Balaban J connectivity index is 1.32. The summed E-state index contributed by atoms with van der Waals surface area (Å²) in [6.07, 6.45) is 3.94. The van der Waals surface area contributed by atoms with Crippen LogP contribution in [0.15, 0.2) is 18.2 Å². The van der Waals surface area contributed by atoms with Crippen molar-refractivity contribution in [1.29, 1.82) is 0 Å². The number of fused-ring (bicyclic) bond motifs is 1. The van der Waals surface area contributed by atoms with Gasteiger partial charge in [-0.15, -0.1) is 0 Å². The number of hydrogen-bond acceptors (Lipinski definition) is 3. The summed E-state index contributed by atoms with van der Waals surface area (Å²) in [4.78, 5) is 1.74. The Bertz CT molecular complexity index is 518. The molecule has 0 aromatic heterocycles. The number of ether oxygens (including phenoxy) is 2. The normalized spacial score (nSPS) is 16.7. The smallest absolute Gasteiger partial charge is 0.231 e. The molecule has 0 atom stereocenters. The lowest BCUT2D eigenvalue weighted by molar-refractivity contribution is -0.887. The average Bonchev–Trinajstić information content (AvgIpc) is 3.20. The van der Waals surface area contributed by atoms with Crippen LogP contribution in [0.5, 0.6) is 11.5 Å². The molecule has 0 bridgehead atoms. The summed E-state index contributed by atoms with van der Waals surface area (Å²) >= 11 is 5.32. The van der Waals surface area contributed by atoms with Gasteiger partial charge in [-0.05, 0) is 29.9 Å². The number of thiocarbonyl (C=S) groups is 1. The molecule has 5 nitrogen and oxygen atoms in total. The van der Waals surface area contributed by atoms with Gasteiger partial charge in [0.05, 0.1) is 19.6 Å². The van der Waals surface area contributed by atoms with Crippen molar-refractivity contribution >= 4 is 17.3 Å². The van der Waals surface area contributed by atoms with Crippen molar-refractivity contribution in [2.75, 3.05) is 33.0 Å². The van der Waals surface area contributed by atoms with Gasteiger partial charge >= 0.3 is 0 Å². The molecule has 1 saturated heterocycles. The van der Waals surface area contributed by atoms with Crippen LogP contribution < -0.4 is 25.0 Å². The number of hydrogen-bond donors (Lipinski definition) is 3. The Morgan fingerprint density at radius 2 is 1.95 bits per heavy atom. The summed E-state index contributed by atoms with van der Waals surface area (Å²) in [5.74, 6) is 1.63. The molecule has 120 valence electrons. The Kier molecular flexibility index (Phi) is 5.34. The van der Waals surface area contributed by atoms with Crippen molar-refractivity contribution in [1.82, 2.24) is 10.6 Å². The maximum atomic E-state index is 5.37. The maximum absolute atomic E-state index is 5.37. The van der Waals surface area contributed by atoms with Crippen LogP contribution in [-0.4, -0.2) is 38.1 Å². The predicted molar refractivity (Wildman–Crippen MR) is 89.4 cm³/mol. The Labute approximate surface area is 137 Å². The second-order valence-electron chi connectivity index (χ2n) is 5.86. The predicted octanol–water partition coefficient (Wildman–Crippen LogP) is 0.448. The highest BCUT2D eigenvalue weighted by Crippen LogP contribution is 2.32. The van der Waals surface area contributed by atoms with Gasteiger partial charge in [0.25, 0.3) is 0 Å². The van der Waals surface area contributed by atoms with Gasteiger partial charge in [-0.25, -0.2) is 0 Å². The van der Waals surface area contributed by atoms with E-state index in [1.54, 1.807) is 4.90 Å². The van der Waals surface area contributed by atoms with Crippen LogP contribution in [0.2, 0.25) is 0 Å². The van der Waals surface area contributed by atoms with Gasteiger partial charge in [0.15, 0.2) is 16.6 Å². The molecule has 3 rings (SSSR count). The van der Waals surface area contributed by atoms with E-state index < -0.39 is 0 Å². The van der Waals surface area contributed by atoms with Gasteiger partial charge in [-0.1, -0.05) is 6.07 Å². The Hall–Kier alpha value is -1.53. The zero-order valence-electron chi connectivity index (χ0n) is 12.8. The summed E-state index contributed by atoms with van der Waals surface area (Å²) in [5, 5.41) is 7.23. The second-order valence-corrected chi connectivity index (χ2v) is 6.27. The van der Waals surface area contributed by atoms with E-state index in [0.29, 0.717) is 18.5 Å². The third kappa shape index (κ3) is 4.24. The number of likely N-dealkylation sites (tertiary alicyclic amines) is 1. The number of rotatable bonds is 6. The minimum atomic E-state index is 0.311. The number of nitrogens with one attached hydrogen (secondary N) is 3. The maximum Gasteiger partial charge on any atom is 0.231 e. The minimum absolute atomic E-state index is 0.311. The molecular formula is C16H24N3O2S+. The molecule has 1 fully saturated rings. The summed E-state index contributed by atoms with van der Waals surface area (Å²) in [6, 6.07) is 5.96. The van der Waals surface area contributed by atoms with E-state index in [1.807, 2.05) is 18.2 Å². The van der Waals surface area contributed by atoms with Gasteiger partial charge in [-0.2, -0.15) is 0 Å². The highest BCUT2D eigenvalue weighted by Gasteiger charge is 2.14. The molecule has 2 heterocycles. The summed E-state index contributed by atoms with van der Waals surface area (Å²) in [5.41, 5.74) is 1.13. The third-order valence-electron chi connectivity index (χ3n) is 4.19. The van der Waals surface area contributed by atoms with Crippen molar-refractivity contribution in [2.45, 2.75) is 25.8 Å². The fourth-order valence-corrected chi connectivity index (χ4v) is 3.14. The van der Waals surface area contributed by atoms with Crippen LogP contribution in [0.3, 0.4) is 0 Å². The van der Waals surface area contributed by atoms with Gasteiger partial charge in [0, 0.05) is 32.4 Å². The van der Waals surface area contributed by atoms with Crippen LogP contribution in [0.1, 0.15) is 24.8 Å². The molecule has 0 spiro atoms.